The van der Waals surface area contributed by atoms with Crippen molar-refractivity contribution in [2.45, 2.75) is 0 Å². The summed E-state index contributed by atoms with van der Waals surface area (Å²) in [6.45, 7) is 0. The Morgan fingerprint density at radius 2 is 2.15 bits per heavy atom. The molecule has 96 valence electrons. The van der Waals surface area contributed by atoms with Crippen molar-refractivity contribution in [3.8, 4) is 18.0 Å². The molecule has 0 atom stereocenters. The van der Waals surface area contributed by atoms with E-state index < -0.39 is 5.91 Å². The summed E-state index contributed by atoms with van der Waals surface area (Å²) in [5.41, 5.74) is 7.57. The number of aromatic nitrogens is 3. The fraction of sp³-hybridized carbons (Fsp3) is 0. The number of hydrogen-bond donors (Lipinski definition) is 1. The summed E-state index contributed by atoms with van der Waals surface area (Å²) < 4.78 is 1.57. The van der Waals surface area contributed by atoms with Crippen molar-refractivity contribution >= 4 is 16.9 Å². The Morgan fingerprint density at radius 1 is 1.30 bits per heavy atom. The van der Waals surface area contributed by atoms with Gasteiger partial charge in [0.25, 0.3) is 5.91 Å². The van der Waals surface area contributed by atoms with Gasteiger partial charge in [0.1, 0.15) is 0 Å². The van der Waals surface area contributed by atoms with Crippen LogP contribution in [0.4, 0.5) is 0 Å². The Kier molecular flexibility index (Phi) is 2.70. The number of benzene rings is 1. The van der Waals surface area contributed by atoms with Crippen LogP contribution in [-0.2, 0) is 0 Å². The van der Waals surface area contributed by atoms with E-state index in [1.165, 1.54) is 0 Å². The van der Waals surface area contributed by atoms with Gasteiger partial charge in [-0.3, -0.25) is 4.79 Å². The van der Waals surface area contributed by atoms with Crippen molar-refractivity contribution in [1.29, 1.82) is 0 Å². The van der Waals surface area contributed by atoms with Gasteiger partial charge in [0.15, 0.2) is 11.3 Å². The van der Waals surface area contributed by atoms with Gasteiger partial charge in [-0.1, -0.05) is 12.0 Å². The van der Waals surface area contributed by atoms with Gasteiger partial charge in [0.2, 0.25) is 0 Å². The minimum Gasteiger partial charge on any atom is -0.364 e. The number of hydrogen-bond acceptors (Lipinski definition) is 3. The van der Waals surface area contributed by atoms with Crippen molar-refractivity contribution in [1.82, 2.24) is 14.8 Å². The van der Waals surface area contributed by atoms with Crippen LogP contribution in [0.5, 0.6) is 0 Å². The van der Waals surface area contributed by atoms with Gasteiger partial charge >= 0.3 is 0 Å². The minimum absolute atomic E-state index is 0.194. The average molecular weight is 262 g/mol. The summed E-state index contributed by atoms with van der Waals surface area (Å²) in [4.78, 5) is 15.7. The first-order chi connectivity index (χ1) is 9.70. The van der Waals surface area contributed by atoms with E-state index in [9.17, 15) is 4.79 Å². The standard InChI is InChI=1S/C15H10N4O/c1-2-10-5-3-6-11(9-10)19-15-12(7-4-8-17-15)13(18-19)14(16)20/h1,3-9H,(H2,16,20). The van der Waals surface area contributed by atoms with Crippen molar-refractivity contribution in [2.75, 3.05) is 0 Å². The lowest BCUT2D eigenvalue weighted by Crippen LogP contribution is -2.12. The Balaban J connectivity index is 2.31. The number of primary amides is 1. The largest absolute Gasteiger partial charge is 0.364 e. The molecule has 0 saturated heterocycles. The normalized spacial score (nSPS) is 10.3. The second-order valence-corrected chi connectivity index (χ2v) is 4.19. The second kappa shape index (κ2) is 4.52. The summed E-state index contributed by atoms with van der Waals surface area (Å²) in [6, 6.07) is 10.8. The highest BCUT2D eigenvalue weighted by Crippen LogP contribution is 2.20. The van der Waals surface area contributed by atoms with Crippen LogP contribution in [0.15, 0.2) is 42.6 Å². The number of fused-ring (bicyclic) bond motifs is 1. The summed E-state index contributed by atoms with van der Waals surface area (Å²) in [7, 11) is 0. The van der Waals surface area contributed by atoms with E-state index in [1.54, 1.807) is 29.1 Å². The van der Waals surface area contributed by atoms with Crippen LogP contribution in [0.1, 0.15) is 16.1 Å². The molecule has 0 aliphatic carbocycles. The molecular weight excluding hydrogens is 252 g/mol. The molecule has 3 rings (SSSR count). The number of nitrogens with zero attached hydrogens (tertiary/aromatic N) is 3. The smallest absolute Gasteiger partial charge is 0.269 e. The zero-order valence-corrected chi connectivity index (χ0v) is 10.4. The number of pyridine rings is 1. The Hall–Kier alpha value is -3.13. The van der Waals surface area contributed by atoms with E-state index in [0.29, 0.717) is 11.0 Å². The molecule has 0 aliphatic rings. The molecule has 0 unspecified atom stereocenters. The van der Waals surface area contributed by atoms with E-state index >= 15 is 0 Å². The van der Waals surface area contributed by atoms with Crippen LogP contribution in [0.25, 0.3) is 16.7 Å². The molecule has 2 aromatic heterocycles. The SMILES string of the molecule is C#Cc1cccc(-n2nc(C(N)=O)c3cccnc32)c1. The Morgan fingerprint density at radius 3 is 2.90 bits per heavy atom. The summed E-state index contributed by atoms with van der Waals surface area (Å²) in [5.74, 6) is 1.97. The van der Waals surface area contributed by atoms with Gasteiger partial charge in [0.05, 0.1) is 11.1 Å². The lowest BCUT2D eigenvalue weighted by Gasteiger charge is -2.02. The highest BCUT2D eigenvalue weighted by molar-refractivity contribution is 6.03. The number of carbonyl (C=O) groups excluding carboxylic acids is 1. The van der Waals surface area contributed by atoms with E-state index in [1.807, 2.05) is 18.2 Å². The van der Waals surface area contributed by atoms with Crippen molar-refractivity contribution in [3.05, 3.63) is 53.9 Å². The highest BCUT2D eigenvalue weighted by atomic mass is 16.1. The third-order valence-corrected chi connectivity index (χ3v) is 2.93. The van der Waals surface area contributed by atoms with Gasteiger partial charge in [0, 0.05) is 11.8 Å². The van der Waals surface area contributed by atoms with Crippen LogP contribution in [0.3, 0.4) is 0 Å². The summed E-state index contributed by atoms with van der Waals surface area (Å²) in [5, 5.41) is 4.86. The van der Waals surface area contributed by atoms with E-state index in [4.69, 9.17) is 12.2 Å². The van der Waals surface area contributed by atoms with Crippen LogP contribution >= 0.6 is 0 Å². The molecular formula is C15H10N4O. The molecule has 20 heavy (non-hydrogen) atoms. The summed E-state index contributed by atoms with van der Waals surface area (Å²) >= 11 is 0. The predicted molar refractivity (Wildman–Crippen MR) is 75.3 cm³/mol. The van der Waals surface area contributed by atoms with Crippen molar-refractivity contribution in [2.24, 2.45) is 5.73 Å². The molecule has 2 heterocycles. The molecule has 0 fully saturated rings. The molecule has 5 nitrogen and oxygen atoms in total. The maximum Gasteiger partial charge on any atom is 0.269 e. The van der Waals surface area contributed by atoms with E-state index in [0.717, 1.165) is 11.3 Å². The van der Waals surface area contributed by atoms with Gasteiger partial charge in [-0.25, -0.2) is 9.67 Å². The van der Waals surface area contributed by atoms with Crippen LogP contribution in [0.2, 0.25) is 0 Å². The maximum atomic E-state index is 11.5. The van der Waals surface area contributed by atoms with Crippen LogP contribution in [-0.4, -0.2) is 20.7 Å². The van der Waals surface area contributed by atoms with Gasteiger partial charge in [-0.05, 0) is 30.3 Å². The Labute approximate surface area is 115 Å². The molecule has 1 aromatic carbocycles. The monoisotopic (exact) mass is 262 g/mol. The quantitative estimate of drug-likeness (QED) is 0.711. The molecule has 0 saturated carbocycles. The van der Waals surface area contributed by atoms with Gasteiger partial charge in [-0.15, -0.1) is 6.42 Å². The predicted octanol–water partition coefficient (Wildman–Crippen LogP) is 1.50. The van der Waals surface area contributed by atoms with Crippen LogP contribution < -0.4 is 5.73 Å². The highest BCUT2D eigenvalue weighted by Gasteiger charge is 2.16. The fourth-order valence-corrected chi connectivity index (χ4v) is 2.04. The number of carbonyl (C=O) groups is 1. The molecule has 0 bridgehead atoms. The van der Waals surface area contributed by atoms with Gasteiger partial charge in [-0.2, -0.15) is 5.10 Å². The molecule has 2 N–H and O–H groups in total. The van der Waals surface area contributed by atoms with E-state index in [-0.39, 0.29) is 5.69 Å². The molecule has 1 amide bonds. The Bertz CT molecular complexity index is 858. The van der Waals surface area contributed by atoms with Gasteiger partial charge < -0.3 is 5.73 Å². The average Bonchev–Trinajstić information content (AvgIpc) is 2.87. The third kappa shape index (κ3) is 1.80. The molecule has 3 aromatic rings. The van der Waals surface area contributed by atoms with E-state index in [2.05, 4.69) is 16.0 Å². The molecule has 0 radical (unpaired) electrons. The topological polar surface area (TPSA) is 73.8 Å². The number of rotatable bonds is 2. The first-order valence-corrected chi connectivity index (χ1v) is 5.91. The maximum absolute atomic E-state index is 11.5. The first kappa shape index (κ1) is 11.9. The zero-order chi connectivity index (χ0) is 14.1. The molecule has 0 aliphatic heterocycles. The number of amides is 1. The number of terminal acetylenes is 1. The molecule has 5 heteroatoms. The fourth-order valence-electron chi connectivity index (χ4n) is 2.04. The summed E-state index contributed by atoms with van der Waals surface area (Å²) in [6.07, 6.45) is 7.03. The molecule has 0 spiro atoms. The zero-order valence-electron chi connectivity index (χ0n) is 10.4. The van der Waals surface area contributed by atoms with Crippen molar-refractivity contribution < 1.29 is 4.79 Å². The second-order valence-electron chi connectivity index (χ2n) is 4.19. The first-order valence-electron chi connectivity index (χ1n) is 5.91. The van der Waals surface area contributed by atoms with Crippen LogP contribution in [0, 0.1) is 12.3 Å². The lowest BCUT2D eigenvalue weighted by molar-refractivity contribution is 0.0996. The minimum atomic E-state index is -0.588. The van der Waals surface area contributed by atoms with Crippen molar-refractivity contribution in [3.63, 3.8) is 0 Å². The third-order valence-electron chi connectivity index (χ3n) is 2.93. The number of nitrogens with two attached hydrogens (primary N) is 1. The lowest BCUT2D eigenvalue weighted by atomic mass is 10.2.